The molecule has 2 N–H and O–H groups in total. The van der Waals surface area contributed by atoms with E-state index in [4.69, 9.17) is 48.1 Å². The first-order chi connectivity index (χ1) is 71.2. The summed E-state index contributed by atoms with van der Waals surface area (Å²) in [6, 6.07) is 91.9. The lowest BCUT2D eigenvalue weighted by Gasteiger charge is -2.39. The van der Waals surface area contributed by atoms with Crippen molar-refractivity contribution in [2.45, 2.75) is 186 Å². The Morgan fingerprint density at radius 1 is 0.297 bits per heavy atom. The number of carbonyl (C=O) groups is 6. The number of azo groups is 4. The molecule has 0 heterocycles. The van der Waals surface area contributed by atoms with Crippen LogP contribution in [0, 0.1) is 23.2 Å². The molecule has 14 aromatic rings. The Bertz CT molecular complexity index is 7000. The summed E-state index contributed by atoms with van der Waals surface area (Å²) in [6.45, 7) is 39.9. The number of carbonyl (C=O) groups excluding carboxylic acids is 6. The molecule has 0 aliphatic heterocycles. The zero-order valence-corrected chi connectivity index (χ0v) is 87.6. The van der Waals surface area contributed by atoms with Gasteiger partial charge in [0.1, 0.15) is 23.0 Å². The van der Waals surface area contributed by atoms with Gasteiger partial charge < -0.3 is 48.5 Å². The second-order valence-electron chi connectivity index (χ2n) is 39.5. The molecule has 0 fully saturated rings. The van der Waals surface area contributed by atoms with E-state index in [1.54, 1.807) is 111 Å². The van der Waals surface area contributed by atoms with E-state index >= 15 is 0 Å². The predicted molar refractivity (Wildman–Crippen MR) is 592 cm³/mol. The van der Waals surface area contributed by atoms with Crippen molar-refractivity contribution in [2.24, 2.45) is 57.2 Å². The molecule has 0 aliphatic carbocycles. The number of aryl methyl sites for hydroxylation is 1. The topological polar surface area (TPSA) is 299 Å². The van der Waals surface area contributed by atoms with Crippen molar-refractivity contribution < 1.29 is 66.7 Å². The Balaban J connectivity index is 0.000000212. The van der Waals surface area contributed by atoms with Gasteiger partial charge in [-0.1, -0.05) is 208 Å². The number of ether oxygens (including phenoxy) is 8. The van der Waals surface area contributed by atoms with Crippen LogP contribution in [0.1, 0.15) is 215 Å². The van der Waals surface area contributed by atoms with E-state index in [1.807, 2.05) is 199 Å². The molecule has 0 unspecified atom stereocenters. The molecule has 0 bridgehead atoms. The number of nitrogens with zero attached hydrogens (tertiary/aromatic N) is 8. The van der Waals surface area contributed by atoms with Gasteiger partial charge in [-0.2, -0.15) is 10.2 Å². The van der Waals surface area contributed by atoms with Crippen LogP contribution in [-0.2, 0) is 45.3 Å². The van der Waals surface area contributed by atoms with Gasteiger partial charge in [-0.3, -0.25) is 4.79 Å². The van der Waals surface area contributed by atoms with Gasteiger partial charge in [-0.25, -0.2) is 24.0 Å². The molecular formula is C124H136N10O14. The van der Waals surface area contributed by atoms with Crippen LogP contribution >= 0.6 is 0 Å². The van der Waals surface area contributed by atoms with Crippen LogP contribution < -0.4 is 29.6 Å². The Kier molecular flexibility index (Phi) is 40.6. The number of fused-ring (bicyclic) bond motifs is 4. The lowest BCUT2D eigenvalue weighted by atomic mass is 9.65. The second kappa shape index (κ2) is 54.3. The third-order valence-electron chi connectivity index (χ3n) is 26.3. The predicted octanol–water partition coefficient (Wildman–Crippen LogP) is 33.9. The smallest absolute Gasteiger partial charge is 0.343 e. The molecule has 0 saturated carbocycles. The highest BCUT2D eigenvalue weighted by Gasteiger charge is 2.41. The minimum atomic E-state index is -0.547. The van der Waals surface area contributed by atoms with Crippen molar-refractivity contribution in [1.29, 1.82) is 0 Å². The molecule has 14 aromatic carbocycles. The summed E-state index contributed by atoms with van der Waals surface area (Å²) in [5.74, 6) is 0.313. The Morgan fingerprint density at radius 2 is 0.601 bits per heavy atom. The first kappa shape index (κ1) is 111. The van der Waals surface area contributed by atoms with Gasteiger partial charge in [-0.05, 0) is 304 Å². The summed E-state index contributed by atoms with van der Waals surface area (Å²) >= 11 is 0. The number of nitrogens with one attached hydrogen (secondary N) is 2. The molecule has 0 amide bonds. The highest BCUT2D eigenvalue weighted by atomic mass is 16.6. The molecule has 0 saturated heterocycles. The number of anilines is 2. The van der Waals surface area contributed by atoms with Crippen LogP contribution in [0.15, 0.2) is 356 Å². The van der Waals surface area contributed by atoms with Crippen molar-refractivity contribution in [2.75, 3.05) is 56.8 Å². The minimum absolute atomic E-state index is 0.00961. The van der Waals surface area contributed by atoms with E-state index in [0.717, 1.165) is 183 Å². The van der Waals surface area contributed by atoms with Crippen LogP contribution in [-0.4, -0.2) is 82.0 Å². The summed E-state index contributed by atoms with van der Waals surface area (Å²) in [4.78, 5) is 72.8. The summed E-state index contributed by atoms with van der Waals surface area (Å²) in [5, 5.41) is 51.8. The normalized spacial score (nSPS) is 11.7. The van der Waals surface area contributed by atoms with Crippen molar-refractivity contribution in [3.05, 3.63) is 349 Å². The van der Waals surface area contributed by atoms with E-state index < -0.39 is 17.4 Å². The molecule has 14 rings (SSSR count). The van der Waals surface area contributed by atoms with E-state index in [1.165, 1.54) is 5.56 Å². The van der Waals surface area contributed by atoms with E-state index in [-0.39, 0.29) is 40.1 Å². The van der Waals surface area contributed by atoms with Gasteiger partial charge in [0.25, 0.3) is 0 Å². The zero-order valence-electron chi connectivity index (χ0n) is 87.6. The molecule has 0 aromatic heterocycles. The summed E-state index contributed by atoms with van der Waals surface area (Å²) in [5.41, 5.74) is 12.9. The number of benzene rings is 14. The highest BCUT2D eigenvalue weighted by Crippen LogP contribution is 2.45. The van der Waals surface area contributed by atoms with Crippen LogP contribution in [0.25, 0.3) is 43.1 Å². The Hall–Kier alpha value is -16.0. The molecule has 148 heavy (non-hydrogen) atoms. The van der Waals surface area contributed by atoms with Crippen molar-refractivity contribution in [1.82, 2.24) is 0 Å². The van der Waals surface area contributed by atoms with Gasteiger partial charge in [0.2, 0.25) is 0 Å². The second-order valence-corrected chi connectivity index (χ2v) is 39.5. The SMILES string of the molecule is C=C(C)C(=O)OCCCCCCOc1ccc(C(=O)Oc2ccc(C)cc2)cc1.C=C(C)C(=O)OCCCCCCOc1ccc(C(=O)Oc2ccc(CNc3ccc(N=Nc4ccc(N=Nc5ccc(C(C)(C)C(C)(C)C)cc5)c5ccccc45)c4ccccc34)cc2)cc1.CCNc1ccc(N=Nc2ccc(N=Nc3ccc(C(=O)OCCCCCCOC(=O)C(C)(C)C(C)(C)C)cc3)c3ccccc23)c2ccccc12. The fourth-order valence-electron chi connectivity index (χ4n) is 15.3. The molecule has 0 aliphatic rings. The summed E-state index contributed by atoms with van der Waals surface area (Å²) in [7, 11) is 0. The monoisotopic (exact) mass is 1990 g/mol. The average Bonchev–Trinajstić information content (AvgIpc) is 0.798. The highest BCUT2D eigenvalue weighted by molar-refractivity contribution is 6.04. The number of rotatable bonds is 45. The van der Waals surface area contributed by atoms with Crippen molar-refractivity contribution in [3.8, 4) is 23.0 Å². The number of hydrogen-bond acceptors (Lipinski definition) is 24. The Labute approximate surface area is 869 Å². The molecule has 24 heteroatoms. The lowest BCUT2D eigenvalue weighted by molar-refractivity contribution is -0.160. The number of esters is 6. The lowest BCUT2D eigenvalue weighted by Crippen LogP contribution is -2.39. The largest absolute Gasteiger partial charge is 0.494 e. The molecule has 24 nitrogen and oxygen atoms in total. The van der Waals surface area contributed by atoms with Crippen molar-refractivity contribution in [3.63, 3.8) is 0 Å². The molecular weight excluding hydrogens is 1850 g/mol. The fourth-order valence-corrected chi connectivity index (χ4v) is 15.3. The molecule has 766 valence electrons. The van der Waals surface area contributed by atoms with Crippen LogP contribution in [0.5, 0.6) is 23.0 Å². The first-order valence-corrected chi connectivity index (χ1v) is 50.7. The maximum absolute atomic E-state index is 12.9. The fraction of sp³-hybridized carbons (Fsp3) is 0.306. The minimum Gasteiger partial charge on any atom is -0.494 e. The summed E-state index contributed by atoms with van der Waals surface area (Å²) in [6.07, 6.45) is 10.6. The van der Waals surface area contributed by atoms with Crippen LogP contribution in [0.4, 0.5) is 56.9 Å². The molecule has 0 spiro atoms. The third-order valence-corrected chi connectivity index (χ3v) is 26.3. The van der Waals surface area contributed by atoms with Gasteiger partial charge in [0, 0.05) is 78.7 Å². The molecule has 0 atom stereocenters. The van der Waals surface area contributed by atoms with Gasteiger partial charge in [0.05, 0.1) is 107 Å². The van der Waals surface area contributed by atoms with Crippen LogP contribution in [0.3, 0.4) is 0 Å². The maximum atomic E-state index is 12.9. The maximum Gasteiger partial charge on any atom is 0.343 e. The van der Waals surface area contributed by atoms with Crippen molar-refractivity contribution >= 4 is 136 Å². The van der Waals surface area contributed by atoms with Gasteiger partial charge >= 0.3 is 35.8 Å². The average molecular weight is 1990 g/mol. The standard InChI is InChI=1S/C57H59N5O5.C43H49N5O4.C24H28O5/c1-39(2)54(63)66-37-15-9-8-14-36-65-44-30-22-41(23-31-44)55(64)67-45-28-20-40(21-29-45)38-58-50-32-33-52(47-17-11-10-16-46(47)50)61-62-53-35-34-51(48-18-12-13-19-49(48)53)60-59-43-26-24-42(25-27-43)57(6,7)56(3,4)5;1-7-44-36-24-25-38(33-17-11-10-16-32(33)36)47-48-39-27-26-37(34-18-12-13-19-35(34)39)46-45-31-22-20-30(21-23-31)40(49)51-28-14-8-9-15-29-52-41(50)43(5,6)42(2,3)4;1-18(2)23(25)28-17-7-5-4-6-16-27-21-14-10-20(11-15-21)24(26)29-22-12-8-19(3)9-13-22/h10-13,16-35,58H,1,8-9,14-15,36-38H2,2-7H3;10-13,16-27,44H,7-9,14-15,28-29H2,1-6H3;8-15H,1,4-7,16-17H2,2-3H3. The Morgan fingerprint density at radius 3 is 0.966 bits per heavy atom. The van der Waals surface area contributed by atoms with Crippen LogP contribution in [0.2, 0.25) is 0 Å². The van der Waals surface area contributed by atoms with Gasteiger partial charge in [-0.15, -0.1) is 30.7 Å². The van der Waals surface area contributed by atoms with E-state index in [9.17, 15) is 28.8 Å². The molecule has 0 radical (unpaired) electrons. The quantitative estimate of drug-likeness (QED) is 0.00895. The van der Waals surface area contributed by atoms with E-state index in [0.29, 0.717) is 108 Å². The van der Waals surface area contributed by atoms with Gasteiger partial charge in [0.15, 0.2) is 0 Å². The zero-order chi connectivity index (χ0) is 106. The van der Waals surface area contributed by atoms with E-state index in [2.05, 4.69) is 132 Å². The summed E-state index contributed by atoms with van der Waals surface area (Å²) < 4.78 is 43.7. The number of unbranched alkanes of at least 4 members (excludes halogenated alkanes) is 9. The first-order valence-electron chi connectivity index (χ1n) is 50.7. The third kappa shape index (κ3) is 32.3. The number of hydrogen-bond donors (Lipinski definition) is 2.